The van der Waals surface area contributed by atoms with Gasteiger partial charge < -0.3 is 4.98 Å². The van der Waals surface area contributed by atoms with Crippen molar-refractivity contribution >= 4 is 21.9 Å². The Morgan fingerprint density at radius 1 is 0.760 bits per heavy atom. The number of aromatic amines is 1. The van der Waals surface area contributed by atoms with E-state index >= 15 is 0 Å². The molecule has 3 heteroatoms. The second-order valence-electron chi connectivity index (χ2n) is 6.07. The number of nitrogens with zero attached hydrogens (tertiary/aromatic N) is 2. The molecule has 3 aromatic heterocycles. The molecular formula is C22H15N3. The fraction of sp³-hybridized carbons (Fsp3) is 0. The minimum atomic E-state index is 0.905. The van der Waals surface area contributed by atoms with Gasteiger partial charge in [0.2, 0.25) is 0 Å². The zero-order valence-electron chi connectivity index (χ0n) is 13.5. The van der Waals surface area contributed by atoms with Gasteiger partial charge >= 0.3 is 0 Å². The maximum Gasteiger partial charge on any atom is 0.138 e. The van der Waals surface area contributed by atoms with E-state index in [0.717, 1.165) is 38.8 Å². The number of hydrogen-bond acceptors (Lipinski definition) is 2. The van der Waals surface area contributed by atoms with Crippen molar-refractivity contribution in [1.29, 1.82) is 0 Å². The zero-order valence-corrected chi connectivity index (χ0v) is 13.5. The fourth-order valence-electron chi connectivity index (χ4n) is 3.26. The molecule has 0 aliphatic heterocycles. The van der Waals surface area contributed by atoms with Crippen LogP contribution in [-0.4, -0.2) is 15.0 Å². The molecule has 0 atom stereocenters. The van der Waals surface area contributed by atoms with E-state index in [1.807, 2.05) is 36.7 Å². The van der Waals surface area contributed by atoms with Crippen molar-refractivity contribution in [2.45, 2.75) is 0 Å². The van der Waals surface area contributed by atoms with Crippen LogP contribution in [0.3, 0.4) is 0 Å². The molecule has 3 heterocycles. The molecule has 0 saturated heterocycles. The molecule has 0 bridgehead atoms. The number of hydrogen-bond donors (Lipinski definition) is 1. The number of fused-ring (bicyclic) bond motifs is 2. The van der Waals surface area contributed by atoms with Crippen LogP contribution in [0.25, 0.3) is 44.3 Å². The minimum absolute atomic E-state index is 0.905. The Bertz CT molecular complexity index is 1190. The normalized spacial score (nSPS) is 11.2. The van der Waals surface area contributed by atoms with Crippen LogP contribution in [-0.2, 0) is 0 Å². The molecular weight excluding hydrogens is 306 g/mol. The molecule has 2 aromatic carbocycles. The SMILES string of the molecule is c1ccc(-c2ccc3c(-c4ccc5ncccc5c4)c[nH]c3n2)cc1. The molecule has 5 aromatic rings. The van der Waals surface area contributed by atoms with E-state index in [2.05, 4.69) is 58.5 Å². The predicted octanol–water partition coefficient (Wildman–Crippen LogP) is 5.45. The summed E-state index contributed by atoms with van der Waals surface area (Å²) < 4.78 is 0. The van der Waals surface area contributed by atoms with E-state index in [-0.39, 0.29) is 0 Å². The van der Waals surface area contributed by atoms with Crippen molar-refractivity contribution in [2.24, 2.45) is 0 Å². The lowest BCUT2D eigenvalue weighted by Gasteiger charge is -2.04. The van der Waals surface area contributed by atoms with Gasteiger partial charge in [0.15, 0.2) is 0 Å². The molecule has 0 spiro atoms. The van der Waals surface area contributed by atoms with Gasteiger partial charge in [-0.2, -0.15) is 0 Å². The molecule has 118 valence electrons. The Morgan fingerprint density at radius 2 is 1.68 bits per heavy atom. The van der Waals surface area contributed by atoms with Crippen LogP contribution >= 0.6 is 0 Å². The first kappa shape index (κ1) is 13.9. The van der Waals surface area contributed by atoms with E-state index in [0.29, 0.717) is 0 Å². The van der Waals surface area contributed by atoms with Crippen LogP contribution in [0.2, 0.25) is 0 Å². The highest BCUT2D eigenvalue weighted by molar-refractivity contribution is 5.97. The third-order valence-electron chi connectivity index (χ3n) is 4.52. The second-order valence-corrected chi connectivity index (χ2v) is 6.07. The van der Waals surface area contributed by atoms with Crippen LogP contribution in [0, 0.1) is 0 Å². The summed E-state index contributed by atoms with van der Waals surface area (Å²) in [7, 11) is 0. The monoisotopic (exact) mass is 321 g/mol. The van der Waals surface area contributed by atoms with Crippen LogP contribution < -0.4 is 0 Å². The minimum Gasteiger partial charge on any atom is -0.345 e. The number of nitrogens with one attached hydrogen (secondary N) is 1. The highest BCUT2D eigenvalue weighted by Crippen LogP contribution is 2.31. The number of H-pyrrole nitrogens is 1. The quantitative estimate of drug-likeness (QED) is 0.470. The molecule has 25 heavy (non-hydrogen) atoms. The standard InChI is InChI=1S/C22H15N3/c1-2-5-15(6-3-1)21-11-9-18-19(14-24-22(18)25-21)16-8-10-20-17(13-16)7-4-12-23-20/h1-14H,(H,24,25). The van der Waals surface area contributed by atoms with Gasteiger partial charge in [0.05, 0.1) is 11.2 Å². The third kappa shape index (κ3) is 2.37. The number of pyridine rings is 2. The maximum absolute atomic E-state index is 4.79. The first-order valence-electron chi connectivity index (χ1n) is 8.27. The molecule has 3 nitrogen and oxygen atoms in total. The topological polar surface area (TPSA) is 41.6 Å². The Morgan fingerprint density at radius 3 is 2.60 bits per heavy atom. The van der Waals surface area contributed by atoms with E-state index in [1.54, 1.807) is 0 Å². The van der Waals surface area contributed by atoms with Gasteiger partial charge in [-0.25, -0.2) is 4.98 Å². The molecule has 0 amide bonds. The van der Waals surface area contributed by atoms with Gasteiger partial charge in [-0.15, -0.1) is 0 Å². The summed E-state index contributed by atoms with van der Waals surface area (Å²) in [5.74, 6) is 0. The van der Waals surface area contributed by atoms with Crippen molar-refractivity contribution in [3.8, 4) is 22.4 Å². The first-order chi connectivity index (χ1) is 12.4. The zero-order chi connectivity index (χ0) is 16.6. The van der Waals surface area contributed by atoms with Gasteiger partial charge in [-0.05, 0) is 35.9 Å². The molecule has 5 rings (SSSR count). The van der Waals surface area contributed by atoms with E-state index < -0.39 is 0 Å². The third-order valence-corrected chi connectivity index (χ3v) is 4.52. The van der Waals surface area contributed by atoms with Crippen LogP contribution in [0.1, 0.15) is 0 Å². The van der Waals surface area contributed by atoms with Crippen molar-refractivity contribution in [2.75, 3.05) is 0 Å². The number of benzene rings is 2. The van der Waals surface area contributed by atoms with Gasteiger partial charge in [-0.1, -0.05) is 42.5 Å². The van der Waals surface area contributed by atoms with Gasteiger partial charge in [0, 0.05) is 34.3 Å². The lowest BCUT2D eigenvalue weighted by molar-refractivity contribution is 1.32. The highest BCUT2D eigenvalue weighted by Gasteiger charge is 2.09. The average molecular weight is 321 g/mol. The maximum atomic E-state index is 4.79. The lowest BCUT2D eigenvalue weighted by atomic mass is 10.0. The molecule has 0 fully saturated rings. The average Bonchev–Trinajstić information content (AvgIpc) is 3.11. The summed E-state index contributed by atoms with van der Waals surface area (Å²) in [4.78, 5) is 12.5. The van der Waals surface area contributed by atoms with Gasteiger partial charge in [0.25, 0.3) is 0 Å². The van der Waals surface area contributed by atoms with Crippen molar-refractivity contribution < 1.29 is 0 Å². The Hall–Kier alpha value is -3.46. The van der Waals surface area contributed by atoms with E-state index in [4.69, 9.17) is 4.98 Å². The van der Waals surface area contributed by atoms with Crippen LogP contribution in [0.4, 0.5) is 0 Å². The summed E-state index contributed by atoms with van der Waals surface area (Å²) in [6.45, 7) is 0. The summed E-state index contributed by atoms with van der Waals surface area (Å²) in [5, 5.41) is 2.27. The Kier molecular flexibility index (Phi) is 3.10. The van der Waals surface area contributed by atoms with Crippen LogP contribution in [0.15, 0.2) is 85.2 Å². The smallest absolute Gasteiger partial charge is 0.138 e. The predicted molar refractivity (Wildman–Crippen MR) is 102 cm³/mol. The van der Waals surface area contributed by atoms with E-state index in [9.17, 15) is 0 Å². The Labute approximate surface area is 145 Å². The van der Waals surface area contributed by atoms with Crippen LogP contribution in [0.5, 0.6) is 0 Å². The second kappa shape index (κ2) is 5.56. The lowest BCUT2D eigenvalue weighted by Crippen LogP contribution is -1.84. The molecule has 0 radical (unpaired) electrons. The summed E-state index contributed by atoms with van der Waals surface area (Å²) in [6, 6.07) is 24.9. The number of aromatic nitrogens is 3. The molecule has 1 N–H and O–H groups in total. The van der Waals surface area contributed by atoms with E-state index in [1.165, 1.54) is 5.56 Å². The highest BCUT2D eigenvalue weighted by atomic mass is 14.9. The fourth-order valence-corrected chi connectivity index (χ4v) is 3.26. The Balaban J connectivity index is 1.64. The summed E-state index contributed by atoms with van der Waals surface area (Å²) in [6.07, 6.45) is 3.85. The molecule has 0 aliphatic rings. The molecule has 0 saturated carbocycles. The summed E-state index contributed by atoms with van der Waals surface area (Å²) >= 11 is 0. The van der Waals surface area contributed by atoms with Gasteiger partial charge in [-0.3, -0.25) is 4.98 Å². The largest absolute Gasteiger partial charge is 0.345 e. The van der Waals surface area contributed by atoms with Crippen molar-refractivity contribution in [3.05, 3.63) is 85.2 Å². The van der Waals surface area contributed by atoms with Gasteiger partial charge in [0.1, 0.15) is 5.65 Å². The number of rotatable bonds is 2. The molecule has 0 unspecified atom stereocenters. The van der Waals surface area contributed by atoms with Crippen molar-refractivity contribution in [1.82, 2.24) is 15.0 Å². The summed E-state index contributed by atoms with van der Waals surface area (Å²) in [5.41, 5.74) is 6.34. The first-order valence-corrected chi connectivity index (χ1v) is 8.27. The molecule has 0 aliphatic carbocycles. The van der Waals surface area contributed by atoms with Crippen molar-refractivity contribution in [3.63, 3.8) is 0 Å².